The molecule has 0 fully saturated rings. The molecule has 12 nitrogen and oxygen atoms in total. The van der Waals surface area contributed by atoms with Crippen LogP contribution in [0.4, 0.5) is 0 Å². The molecule has 0 spiro atoms. The lowest BCUT2D eigenvalue weighted by Crippen LogP contribution is -2.56. The smallest absolute Gasteiger partial charge is 0.326 e. The summed E-state index contributed by atoms with van der Waals surface area (Å²) in [6.45, 7) is 5.56. The zero-order valence-corrected chi connectivity index (χ0v) is 20.6. The maximum Gasteiger partial charge on any atom is 0.326 e. The number of carboxylic acids is 1. The molecule has 0 aromatic carbocycles. The van der Waals surface area contributed by atoms with Crippen LogP contribution >= 0.6 is 11.8 Å². The Bertz CT molecular complexity index is 686. The monoisotopic (exact) mass is 489 g/mol. The van der Waals surface area contributed by atoms with Crippen molar-refractivity contribution in [3.05, 3.63) is 0 Å². The number of carbonyl (C=O) groups is 4. The molecule has 0 heterocycles. The minimum absolute atomic E-state index is 0.0999. The second-order valence-electron chi connectivity index (χ2n) is 8.16. The van der Waals surface area contributed by atoms with Crippen LogP contribution in [0.5, 0.6) is 0 Å². The average Bonchev–Trinajstić information content (AvgIpc) is 2.71. The van der Waals surface area contributed by atoms with E-state index in [9.17, 15) is 24.3 Å². The van der Waals surface area contributed by atoms with Crippen LogP contribution in [-0.2, 0) is 19.2 Å². The molecule has 3 amide bonds. The number of amides is 3. The van der Waals surface area contributed by atoms with E-state index in [1.54, 1.807) is 0 Å². The van der Waals surface area contributed by atoms with Crippen LogP contribution in [0.1, 0.15) is 46.5 Å². The number of aliphatic carboxylic acids is 1. The van der Waals surface area contributed by atoms with Crippen molar-refractivity contribution in [2.24, 2.45) is 28.1 Å². The third-order valence-corrected chi connectivity index (χ3v) is 5.26. The van der Waals surface area contributed by atoms with Gasteiger partial charge >= 0.3 is 5.97 Å². The van der Waals surface area contributed by atoms with E-state index in [1.807, 2.05) is 20.1 Å². The summed E-state index contributed by atoms with van der Waals surface area (Å²) in [5.74, 6) is -2.22. The number of nitrogens with one attached hydrogen (secondary N) is 3. The summed E-state index contributed by atoms with van der Waals surface area (Å²) in [6.07, 6.45) is 3.05. The Kier molecular flexibility index (Phi) is 14.9. The summed E-state index contributed by atoms with van der Waals surface area (Å²) in [5.41, 5.74) is 16.4. The summed E-state index contributed by atoms with van der Waals surface area (Å²) < 4.78 is 0. The highest BCUT2D eigenvalue weighted by molar-refractivity contribution is 7.98. The molecule has 4 atom stereocenters. The molecule has 0 bridgehead atoms. The summed E-state index contributed by atoms with van der Waals surface area (Å²) in [5, 5.41) is 17.0. The summed E-state index contributed by atoms with van der Waals surface area (Å²) in [4.78, 5) is 52.9. The van der Waals surface area contributed by atoms with Gasteiger partial charge in [-0.15, -0.1) is 0 Å². The lowest BCUT2D eigenvalue weighted by Gasteiger charge is -2.24. The van der Waals surface area contributed by atoms with Crippen molar-refractivity contribution in [2.45, 2.75) is 70.6 Å². The van der Waals surface area contributed by atoms with Crippen molar-refractivity contribution in [3.8, 4) is 0 Å². The van der Waals surface area contributed by atoms with Gasteiger partial charge in [-0.05, 0) is 50.5 Å². The molecule has 0 radical (unpaired) electrons. The quantitative estimate of drug-likeness (QED) is 0.0779. The van der Waals surface area contributed by atoms with Gasteiger partial charge in [0.2, 0.25) is 17.7 Å². The Morgan fingerprint density at radius 3 is 2.06 bits per heavy atom. The highest BCUT2D eigenvalue weighted by Crippen LogP contribution is 2.06. The average molecular weight is 490 g/mol. The van der Waals surface area contributed by atoms with Crippen molar-refractivity contribution >= 4 is 41.4 Å². The molecule has 13 heteroatoms. The van der Waals surface area contributed by atoms with E-state index in [1.165, 1.54) is 18.7 Å². The molecule has 4 unspecified atom stereocenters. The number of nitrogens with zero attached hydrogens (tertiary/aromatic N) is 1. The lowest BCUT2D eigenvalue weighted by molar-refractivity contribution is -0.142. The second-order valence-corrected chi connectivity index (χ2v) is 9.14. The van der Waals surface area contributed by atoms with Crippen molar-refractivity contribution in [1.29, 1.82) is 0 Å². The van der Waals surface area contributed by atoms with Gasteiger partial charge in [0.25, 0.3) is 0 Å². The van der Waals surface area contributed by atoms with Gasteiger partial charge in [-0.3, -0.25) is 19.4 Å². The Morgan fingerprint density at radius 2 is 1.55 bits per heavy atom. The fraction of sp³-hybridized carbons (Fsp3) is 0.750. The van der Waals surface area contributed by atoms with E-state index < -0.39 is 47.9 Å². The van der Waals surface area contributed by atoms with Gasteiger partial charge in [0.05, 0.1) is 6.04 Å². The predicted octanol–water partition coefficient (Wildman–Crippen LogP) is -1.27. The third-order valence-electron chi connectivity index (χ3n) is 4.62. The molecule has 33 heavy (non-hydrogen) atoms. The molecule has 0 aliphatic heterocycles. The number of rotatable bonds is 16. The number of guanidine groups is 1. The fourth-order valence-corrected chi connectivity index (χ4v) is 3.31. The lowest BCUT2D eigenvalue weighted by atomic mass is 10.0. The maximum absolute atomic E-state index is 12.8. The van der Waals surface area contributed by atoms with E-state index in [4.69, 9.17) is 17.2 Å². The number of aliphatic imine (C=N–C) groups is 1. The van der Waals surface area contributed by atoms with Gasteiger partial charge in [0.1, 0.15) is 18.1 Å². The molecule has 0 rings (SSSR count). The number of thioether (sulfide) groups is 1. The van der Waals surface area contributed by atoms with Gasteiger partial charge in [0, 0.05) is 6.54 Å². The van der Waals surface area contributed by atoms with Crippen LogP contribution in [0.15, 0.2) is 4.99 Å². The Hall–Kier alpha value is -2.54. The Labute approximate surface area is 199 Å². The number of hydrogen-bond acceptors (Lipinski definition) is 7. The first-order valence-corrected chi connectivity index (χ1v) is 12.2. The van der Waals surface area contributed by atoms with Gasteiger partial charge in [0.15, 0.2) is 5.96 Å². The highest BCUT2D eigenvalue weighted by Gasteiger charge is 2.28. The van der Waals surface area contributed by atoms with Crippen LogP contribution in [0.3, 0.4) is 0 Å². The van der Waals surface area contributed by atoms with Gasteiger partial charge in [-0.2, -0.15) is 11.8 Å². The molecule has 10 N–H and O–H groups in total. The Balaban J connectivity index is 5.20. The van der Waals surface area contributed by atoms with Crippen molar-refractivity contribution in [2.75, 3.05) is 18.6 Å². The molecule has 0 aromatic heterocycles. The molecule has 0 aliphatic carbocycles. The number of carboxylic acid groups (broad SMARTS) is 1. The van der Waals surface area contributed by atoms with Gasteiger partial charge in [-0.1, -0.05) is 13.8 Å². The van der Waals surface area contributed by atoms with E-state index in [2.05, 4.69) is 20.9 Å². The number of nitrogens with two attached hydrogens (primary N) is 3. The van der Waals surface area contributed by atoms with Crippen LogP contribution < -0.4 is 33.2 Å². The van der Waals surface area contributed by atoms with Crippen LogP contribution in [-0.4, -0.2) is 77.5 Å². The van der Waals surface area contributed by atoms with Crippen LogP contribution in [0.2, 0.25) is 0 Å². The fourth-order valence-electron chi connectivity index (χ4n) is 2.84. The Morgan fingerprint density at radius 1 is 0.939 bits per heavy atom. The first-order valence-electron chi connectivity index (χ1n) is 10.8. The molecule has 190 valence electrons. The van der Waals surface area contributed by atoms with E-state index in [0.717, 1.165) is 0 Å². The first kappa shape index (κ1) is 30.5. The van der Waals surface area contributed by atoms with Gasteiger partial charge < -0.3 is 38.3 Å². The molecule has 0 saturated carbocycles. The van der Waals surface area contributed by atoms with Crippen molar-refractivity contribution in [1.82, 2.24) is 16.0 Å². The minimum Gasteiger partial charge on any atom is -0.480 e. The summed E-state index contributed by atoms with van der Waals surface area (Å²) >= 11 is 1.46. The molecule has 0 aromatic rings. The minimum atomic E-state index is -1.16. The highest BCUT2D eigenvalue weighted by atomic mass is 32.2. The van der Waals surface area contributed by atoms with Crippen molar-refractivity contribution < 1.29 is 24.3 Å². The molecular weight excluding hydrogens is 450 g/mol. The van der Waals surface area contributed by atoms with E-state index in [-0.39, 0.29) is 31.3 Å². The third kappa shape index (κ3) is 13.6. The number of hydrogen-bond donors (Lipinski definition) is 7. The SMILES string of the molecule is CSCCC(NC(=O)C(CCCN=C(N)N)NC(=O)C(C)NC(=O)C(N)CC(C)C)C(=O)O. The van der Waals surface area contributed by atoms with Crippen molar-refractivity contribution in [3.63, 3.8) is 0 Å². The zero-order valence-electron chi connectivity index (χ0n) is 19.8. The molecular formula is C20H39N7O5S. The molecule has 0 saturated heterocycles. The normalized spacial score (nSPS) is 14.5. The predicted molar refractivity (Wildman–Crippen MR) is 129 cm³/mol. The number of carbonyl (C=O) groups excluding carboxylic acids is 3. The van der Waals surface area contributed by atoms with E-state index >= 15 is 0 Å². The van der Waals surface area contributed by atoms with Crippen LogP contribution in [0.25, 0.3) is 0 Å². The standard InChI is InChI=1S/C20H39N7O5S/c1-11(2)10-13(21)17(29)25-12(3)16(28)26-14(6-5-8-24-20(22)23)18(30)27-15(19(31)32)7-9-33-4/h11-15H,5-10,21H2,1-4H3,(H,25,29)(H,26,28)(H,27,30)(H,31,32)(H4,22,23,24). The van der Waals surface area contributed by atoms with E-state index in [0.29, 0.717) is 18.6 Å². The van der Waals surface area contributed by atoms with Gasteiger partial charge in [-0.25, -0.2) is 4.79 Å². The largest absolute Gasteiger partial charge is 0.480 e. The van der Waals surface area contributed by atoms with Crippen LogP contribution in [0, 0.1) is 5.92 Å². The topological polar surface area (TPSA) is 215 Å². The zero-order chi connectivity index (χ0) is 25.6. The molecule has 0 aliphatic rings. The summed E-state index contributed by atoms with van der Waals surface area (Å²) in [6, 6.07) is -3.83. The summed E-state index contributed by atoms with van der Waals surface area (Å²) in [7, 11) is 0. The second kappa shape index (κ2) is 16.1. The first-order chi connectivity index (χ1) is 15.4. The maximum atomic E-state index is 12.8.